The smallest absolute Gasteiger partial charge is 0.251 e. The van der Waals surface area contributed by atoms with Crippen molar-refractivity contribution in [3.63, 3.8) is 0 Å². The first-order chi connectivity index (χ1) is 10.1. The predicted molar refractivity (Wildman–Crippen MR) is 86.1 cm³/mol. The van der Waals surface area contributed by atoms with Gasteiger partial charge in [0.05, 0.1) is 0 Å². The molecule has 0 unspecified atom stereocenters. The second-order valence-corrected chi connectivity index (χ2v) is 6.30. The molecule has 4 nitrogen and oxygen atoms in total. The van der Waals surface area contributed by atoms with Gasteiger partial charge in [-0.3, -0.25) is 9.59 Å². The molecule has 1 saturated heterocycles. The number of carbonyl (C=O) groups is 2. The number of carbonyl (C=O) groups excluding carboxylic acids is 2. The first-order valence-corrected chi connectivity index (χ1v) is 8.23. The van der Waals surface area contributed by atoms with Crippen molar-refractivity contribution in [2.75, 3.05) is 13.1 Å². The number of hydrogen-bond acceptors (Lipinski definition) is 2. The third-order valence-corrected chi connectivity index (χ3v) is 4.28. The fourth-order valence-electron chi connectivity index (χ4n) is 2.52. The zero-order chi connectivity index (χ0) is 15.2. The number of hydrogen-bond donors (Lipinski definition) is 1. The fourth-order valence-corrected chi connectivity index (χ4v) is 2.78. The average molecular weight is 353 g/mol. The number of likely N-dealkylation sites (tertiary alicyclic amines) is 1. The average Bonchev–Trinajstić information content (AvgIpc) is 2.49. The Morgan fingerprint density at radius 1 is 1.24 bits per heavy atom. The Bertz CT molecular complexity index is 494. The molecule has 21 heavy (non-hydrogen) atoms. The van der Waals surface area contributed by atoms with E-state index >= 15 is 0 Å². The van der Waals surface area contributed by atoms with Crippen LogP contribution in [0.25, 0.3) is 0 Å². The number of amides is 2. The summed E-state index contributed by atoms with van der Waals surface area (Å²) in [6.45, 7) is 3.50. The minimum Gasteiger partial charge on any atom is -0.349 e. The van der Waals surface area contributed by atoms with E-state index in [1.807, 2.05) is 24.0 Å². The molecule has 0 saturated carbocycles. The van der Waals surface area contributed by atoms with Gasteiger partial charge in [-0.05, 0) is 43.5 Å². The summed E-state index contributed by atoms with van der Waals surface area (Å²) in [4.78, 5) is 25.9. The van der Waals surface area contributed by atoms with Gasteiger partial charge in [0.15, 0.2) is 0 Å². The highest BCUT2D eigenvalue weighted by molar-refractivity contribution is 9.10. The van der Waals surface area contributed by atoms with Crippen LogP contribution in [0.15, 0.2) is 28.7 Å². The predicted octanol–water partition coefficient (Wildman–Crippen LogP) is 2.97. The minimum atomic E-state index is -0.0409. The van der Waals surface area contributed by atoms with Crippen LogP contribution in [0.3, 0.4) is 0 Å². The van der Waals surface area contributed by atoms with E-state index in [0.717, 1.165) is 36.8 Å². The number of nitrogens with zero attached hydrogens (tertiary/aromatic N) is 1. The van der Waals surface area contributed by atoms with Gasteiger partial charge in [-0.15, -0.1) is 0 Å². The number of benzene rings is 1. The Balaban J connectivity index is 1.82. The molecular weight excluding hydrogens is 332 g/mol. The normalized spacial score (nSPS) is 15.8. The lowest BCUT2D eigenvalue weighted by molar-refractivity contribution is -0.132. The molecule has 0 aromatic heterocycles. The molecule has 0 atom stereocenters. The molecule has 0 radical (unpaired) electrons. The van der Waals surface area contributed by atoms with Crippen LogP contribution >= 0.6 is 15.9 Å². The van der Waals surface area contributed by atoms with Gasteiger partial charge in [0.2, 0.25) is 5.91 Å². The quantitative estimate of drug-likeness (QED) is 0.905. The van der Waals surface area contributed by atoms with E-state index in [9.17, 15) is 9.59 Å². The Hall–Kier alpha value is -1.36. The van der Waals surface area contributed by atoms with Crippen LogP contribution in [-0.4, -0.2) is 35.8 Å². The Kier molecular flexibility index (Phi) is 5.79. The van der Waals surface area contributed by atoms with Gasteiger partial charge in [0, 0.05) is 35.6 Å². The Morgan fingerprint density at radius 3 is 2.43 bits per heavy atom. The lowest BCUT2D eigenvalue weighted by atomic mass is 10.0. The molecule has 1 fully saturated rings. The molecule has 1 heterocycles. The van der Waals surface area contributed by atoms with E-state index < -0.39 is 0 Å². The van der Waals surface area contributed by atoms with Crippen LogP contribution in [0.5, 0.6) is 0 Å². The van der Waals surface area contributed by atoms with E-state index in [0.29, 0.717) is 12.0 Å². The van der Waals surface area contributed by atoms with Gasteiger partial charge >= 0.3 is 0 Å². The number of halogens is 1. The molecule has 1 aromatic rings. The van der Waals surface area contributed by atoms with Crippen LogP contribution < -0.4 is 5.32 Å². The number of rotatable bonds is 4. The van der Waals surface area contributed by atoms with Crippen LogP contribution in [0, 0.1) is 0 Å². The maximum absolute atomic E-state index is 12.1. The third-order valence-electron chi connectivity index (χ3n) is 3.75. The Labute approximate surface area is 134 Å². The monoisotopic (exact) mass is 352 g/mol. The number of piperidine rings is 1. The van der Waals surface area contributed by atoms with Crippen molar-refractivity contribution in [2.45, 2.75) is 38.6 Å². The van der Waals surface area contributed by atoms with Crippen molar-refractivity contribution in [3.8, 4) is 0 Å². The van der Waals surface area contributed by atoms with Crippen LogP contribution in [-0.2, 0) is 4.79 Å². The van der Waals surface area contributed by atoms with Gasteiger partial charge < -0.3 is 10.2 Å². The molecule has 2 amide bonds. The lowest BCUT2D eigenvalue weighted by Gasteiger charge is -2.32. The summed E-state index contributed by atoms with van der Waals surface area (Å²) in [5.74, 6) is 0.191. The largest absolute Gasteiger partial charge is 0.349 e. The second-order valence-electron chi connectivity index (χ2n) is 5.39. The van der Waals surface area contributed by atoms with Crippen LogP contribution in [0.4, 0.5) is 0 Å². The van der Waals surface area contributed by atoms with Gasteiger partial charge in [-0.1, -0.05) is 22.9 Å². The van der Waals surface area contributed by atoms with Crippen LogP contribution in [0.2, 0.25) is 0 Å². The highest BCUT2D eigenvalue weighted by Crippen LogP contribution is 2.14. The van der Waals surface area contributed by atoms with Crippen molar-refractivity contribution in [1.82, 2.24) is 10.2 Å². The molecule has 0 aliphatic carbocycles. The summed E-state index contributed by atoms with van der Waals surface area (Å²) in [5.41, 5.74) is 0.669. The summed E-state index contributed by atoms with van der Waals surface area (Å²) >= 11 is 3.36. The van der Waals surface area contributed by atoms with E-state index in [1.165, 1.54) is 0 Å². The summed E-state index contributed by atoms with van der Waals surface area (Å²) in [5, 5.41) is 3.05. The third kappa shape index (κ3) is 4.56. The van der Waals surface area contributed by atoms with Crippen molar-refractivity contribution in [3.05, 3.63) is 34.3 Å². The standard InChI is InChI=1S/C16H21BrN2O2/c1-2-3-15(20)19-10-8-14(9-11-19)18-16(21)12-4-6-13(17)7-5-12/h4-7,14H,2-3,8-11H2,1H3,(H,18,21). The van der Waals surface area contributed by atoms with Gasteiger partial charge in [0.25, 0.3) is 5.91 Å². The van der Waals surface area contributed by atoms with Crippen molar-refractivity contribution >= 4 is 27.7 Å². The summed E-state index contributed by atoms with van der Waals surface area (Å²) in [6, 6.07) is 7.49. The zero-order valence-electron chi connectivity index (χ0n) is 12.3. The summed E-state index contributed by atoms with van der Waals surface area (Å²) < 4.78 is 0.960. The first kappa shape index (κ1) is 16.0. The van der Waals surface area contributed by atoms with E-state index in [4.69, 9.17) is 0 Å². The molecule has 1 aliphatic rings. The van der Waals surface area contributed by atoms with Gasteiger partial charge in [-0.25, -0.2) is 0 Å². The van der Waals surface area contributed by atoms with Crippen molar-refractivity contribution in [1.29, 1.82) is 0 Å². The maximum Gasteiger partial charge on any atom is 0.251 e. The number of nitrogens with one attached hydrogen (secondary N) is 1. The minimum absolute atomic E-state index is 0.0409. The first-order valence-electron chi connectivity index (χ1n) is 7.44. The molecule has 5 heteroatoms. The molecule has 0 bridgehead atoms. The second kappa shape index (κ2) is 7.59. The van der Waals surface area contributed by atoms with Gasteiger partial charge in [0.1, 0.15) is 0 Å². The topological polar surface area (TPSA) is 49.4 Å². The van der Waals surface area contributed by atoms with Crippen molar-refractivity contribution in [2.24, 2.45) is 0 Å². The fraction of sp³-hybridized carbons (Fsp3) is 0.500. The molecule has 1 aliphatic heterocycles. The summed E-state index contributed by atoms with van der Waals surface area (Å²) in [6.07, 6.45) is 3.17. The molecule has 0 spiro atoms. The van der Waals surface area contributed by atoms with Crippen LogP contribution in [0.1, 0.15) is 43.0 Å². The van der Waals surface area contributed by atoms with E-state index in [-0.39, 0.29) is 17.9 Å². The highest BCUT2D eigenvalue weighted by Gasteiger charge is 2.23. The van der Waals surface area contributed by atoms with Gasteiger partial charge in [-0.2, -0.15) is 0 Å². The SMILES string of the molecule is CCCC(=O)N1CCC(NC(=O)c2ccc(Br)cc2)CC1. The van der Waals surface area contributed by atoms with E-state index in [2.05, 4.69) is 21.2 Å². The summed E-state index contributed by atoms with van der Waals surface area (Å²) in [7, 11) is 0. The molecular formula is C16H21BrN2O2. The maximum atomic E-state index is 12.1. The zero-order valence-corrected chi connectivity index (χ0v) is 13.9. The Morgan fingerprint density at radius 2 is 1.86 bits per heavy atom. The molecule has 2 rings (SSSR count). The lowest BCUT2D eigenvalue weighted by Crippen LogP contribution is -2.46. The molecule has 1 N–H and O–H groups in total. The highest BCUT2D eigenvalue weighted by atomic mass is 79.9. The van der Waals surface area contributed by atoms with Crippen molar-refractivity contribution < 1.29 is 9.59 Å². The molecule has 114 valence electrons. The van der Waals surface area contributed by atoms with E-state index in [1.54, 1.807) is 12.1 Å². The molecule has 1 aromatic carbocycles.